The molecule has 100 valence electrons. The lowest BCUT2D eigenvalue weighted by atomic mass is 10.0. The quantitative estimate of drug-likeness (QED) is 0.829. The average Bonchev–Trinajstić information content (AvgIpc) is 2.44. The van der Waals surface area contributed by atoms with Gasteiger partial charge in [-0.2, -0.15) is 5.26 Å². The first-order valence-electron chi connectivity index (χ1n) is 6.57. The first-order valence-corrected chi connectivity index (χ1v) is 6.57. The number of amides is 1. The van der Waals surface area contributed by atoms with Crippen LogP contribution < -0.4 is 0 Å². The highest BCUT2D eigenvalue weighted by Gasteiger charge is 2.35. The Hall–Kier alpha value is -1.86. The molecule has 1 aliphatic rings. The number of carbonyl (C=O) groups is 1. The number of nitriles is 1. The molecular formula is C15H19N3O. The Morgan fingerprint density at radius 1 is 1.37 bits per heavy atom. The zero-order valence-electron chi connectivity index (χ0n) is 11.4. The Bertz CT molecular complexity index is 480. The van der Waals surface area contributed by atoms with E-state index in [1.807, 2.05) is 18.2 Å². The van der Waals surface area contributed by atoms with E-state index in [4.69, 9.17) is 5.26 Å². The summed E-state index contributed by atoms with van der Waals surface area (Å²) in [7, 11) is 1.80. The molecule has 1 aromatic rings. The third-order valence-electron chi connectivity index (χ3n) is 3.82. The summed E-state index contributed by atoms with van der Waals surface area (Å²) in [6, 6.07) is 12.1. The zero-order valence-corrected chi connectivity index (χ0v) is 11.4. The number of likely N-dealkylation sites (N-methyl/N-ethyl adjacent to an activating group) is 1. The molecule has 19 heavy (non-hydrogen) atoms. The van der Waals surface area contributed by atoms with Gasteiger partial charge in [-0.05, 0) is 12.5 Å². The van der Waals surface area contributed by atoms with Crippen molar-refractivity contribution in [1.82, 2.24) is 9.80 Å². The normalized spacial score (nSPS) is 22.1. The van der Waals surface area contributed by atoms with E-state index in [1.54, 1.807) is 11.9 Å². The highest BCUT2D eigenvalue weighted by molar-refractivity contribution is 5.82. The fourth-order valence-corrected chi connectivity index (χ4v) is 2.61. The van der Waals surface area contributed by atoms with Crippen LogP contribution in [0.25, 0.3) is 0 Å². The summed E-state index contributed by atoms with van der Waals surface area (Å²) in [5.41, 5.74) is 1.18. The number of carbonyl (C=O) groups excluding carboxylic acids is 1. The Morgan fingerprint density at radius 3 is 2.68 bits per heavy atom. The van der Waals surface area contributed by atoms with Gasteiger partial charge >= 0.3 is 0 Å². The third kappa shape index (κ3) is 2.77. The molecule has 1 saturated heterocycles. The van der Waals surface area contributed by atoms with Crippen LogP contribution in [0.5, 0.6) is 0 Å². The van der Waals surface area contributed by atoms with Gasteiger partial charge in [0.05, 0.1) is 12.5 Å². The van der Waals surface area contributed by atoms with Crippen LogP contribution in [0.15, 0.2) is 30.3 Å². The lowest BCUT2D eigenvalue weighted by Gasteiger charge is -2.41. The minimum atomic E-state index is -0.320. The SMILES string of the molecule is CC(c1ccccc1)N1CCN(C)C(=O)C1CC#N. The molecule has 0 bridgehead atoms. The van der Waals surface area contributed by atoms with Crippen molar-refractivity contribution in [1.29, 1.82) is 5.26 Å². The van der Waals surface area contributed by atoms with E-state index in [-0.39, 0.29) is 24.4 Å². The molecule has 4 nitrogen and oxygen atoms in total. The summed E-state index contributed by atoms with van der Waals surface area (Å²) < 4.78 is 0. The molecule has 0 aromatic heterocycles. The Labute approximate surface area is 114 Å². The third-order valence-corrected chi connectivity index (χ3v) is 3.82. The Balaban J connectivity index is 2.22. The van der Waals surface area contributed by atoms with Gasteiger partial charge in [0.25, 0.3) is 0 Å². The van der Waals surface area contributed by atoms with Crippen molar-refractivity contribution >= 4 is 5.91 Å². The van der Waals surface area contributed by atoms with E-state index >= 15 is 0 Å². The predicted octanol–water partition coefficient (Wildman–Crippen LogP) is 1.80. The highest BCUT2D eigenvalue weighted by atomic mass is 16.2. The topological polar surface area (TPSA) is 47.3 Å². The first-order chi connectivity index (χ1) is 9.15. The molecule has 0 saturated carbocycles. The van der Waals surface area contributed by atoms with Crippen molar-refractivity contribution in [3.63, 3.8) is 0 Å². The summed E-state index contributed by atoms with van der Waals surface area (Å²) in [5.74, 6) is 0.0515. The zero-order chi connectivity index (χ0) is 13.8. The van der Waals surface area contributed by atoms with Gasteiger partial charge in [-0.15, -0.1) is 0 Å². The second-order valence-corrected chi connectivity index (χ2v) is 4.96. The molecule has 2 rings (SSSR count). The number of benzene rings is 1. The predicted molar refractivity (Wildman–Crippen MR) is 73.2 cm³/mol. The van der Waals surface area contributed by atoms with Crippen LogP contribution in [-0.2, 0) is 4.79 Å². The van der Waals surface area contributed by atoms with Gasteiger partial charge in [0, 0.05) is 26.2 Å². The lowest BCUT2D eigenvalue weighted by molar-refractivity contribution is -0.141. The minimum Gasteiger partial charge on any atom is -0.343 e. The van der Waals surface area contributed by atoms with E-state index in [0.717, 1.165) is 13.1 Å². The van der Waals surface area contributed by atoms with E-state index in [1.165, 1.54) is 5.56 Å². The van der Waals surface area contributed by atoms with E-state index in [0.29, 0.717) is 0 Å². The Morgan fingerprint density at radius 2 is 2.05 bits per heavy atom. The average molecular weight is 257 g/mol. The molecule has 1 aliphatic heterocycles. The molecule has 0 aliphatic carbocycles. The van der Waals surface area contributed by atoms with Crippen LogP contribution in [0.4, 0.5) is 0 Å². The van der Waals surface area contributed by atoms with E-state index in [2.05, 4.69) is 30.0 Å². The second-order valence-electron chi connectivity index (χ2n) is 4.96. The second kappa shape index (κ2) is 5.85. The maximum Gasteiger partial charge on any atom is 0.240 e. The first kappa shape index (κ1) is 13.6. The van der Waals surface area contributed by atoms with Gasteiger partial charge in [-0.1, -0.05) is 30.3 Å². The summed E-state index contributed by atoms with van der Waals surface area (Å²) in [6.07, 6.45) is 0.250. The van der Waals surface area contributed by atoms with Gasteiger partial charge in [0.2, 0.25) is 5.91 Å². The molecule has 1 aromatic carbocycles. The molecule has 0 radical (unpaired) electrons. The lowest BCUT2D eigenvalue weighted by Crippen LogP contribution is -2.56. The molecule has 1 fully saturated rings. The summed E-state index contributed by atoms with van der Waals surface area (Å²) >= 11 is 0. The number of piperazine rings is 1. The van der Waals surface area contributed by atoms with Crippen LogP contribution in [0.1, 0.15) is 24.9 Å². The molecule has 2 unspecified atom stereocenters. The minimum absolute atomic E-state index is 0.0515. The highest BCUT2D eigenvalue weighted by Crippen LogP contribution is 2.26. The maximum atomic E-state index is 12.2. The van der Waals surface area contributed by atoms with Crippen molar-refractivity contribution in [2.45, 2.75) is 25.4 Å². The van der Waals surface area contributed by atoms with Gasteiger partial charge in [0.15, 0.2) is 0 Å². The molecular weight excluding hydrogens is 238 g/mol. The summed E-state index contributed by atoms with van der Waals surface area (Å²) in [4.78, 5) is 16.1. The number of hydrogen-bond donors (Lipinski definition) is 0. The monoisotopic (exact) mass is 257 g/mol. The standard InChI is InChI=1S/C15H19N3O/c1-12(13-6-4-3-5-7-13)18-11-10-17(2)15(19)14(18)8-9-16/h3-7,12,14H,8,10-11H2,1-2H3. The van der Waals surface area contributed by atoms with Gasteiger partial charge in [0.1, 0.15) is 6.04 Å². The Kier molecular flexibility index (Phi) is 4.18. The van der Waals surface area contributed by atoms with E-state index < -0.39 is 0 Å². The summed E-state index contributed by atoms with van der Waals surface area (Å²) in [6.45, 7) is 3.63. The van der Waals surface area contributed by atoms with Crippen molar-refractivity contribution < 1.29 is 4.79 Å². The molecule has 0 spiro atoms. The van der Waals surface area contributed by atoms with Gasteiger partial charge in [-0.3, -0.25) is 9.69 Å². The maximum absolute atomic E-state index is 12.2. The van der Waals surface area contributed by atoms with Gasteiger partial charge < -0.3 is 4.90 Å². The number of nitrogens with zero attached hydrogens (tertiary/aromatic N) is 3. The largest absolute Gasteiger partial charge is 0.343 e. The van der Waals surface area contributed by atoms with Gasteiger partial charge in [-0.25, -0.2) is 0 Å². The van der Waals surface area contributed by atoms with Crippen molar-refractivity contribution in [2.75, 3.05) is 20.1 Å². The van der Waals surface area contributed by atoms with E-state index in [9.17, 15) is 4.79 Å². The fraction of sp³-hybridized carbons (Fsp3) is 0.467. The molecule has 0 N–H and O–H groups in total. The molecule has 2 atom stereocenters. The van der Waals surface area contributed by atoms with Crippen molar-refractivity contribution in [3.05, 3.63) is 35.9 Å². The summed E-state index contributed by atoms with van der Waals surface area (Å²) in [5, 5.41) is 8.95. The molecule has 1 amide bonds. The fourth-order valence-electron chi connectivity index (χ4n) is 2.61. The smallest absolute Gasteiger partial charge is 0.240 e. The van der Waals surface area contributed by atoms with Crippen molar-refractivity contribution in [3.8, 4) is 6.07 Å². The number of hydrogen-bond acceptors (Lipinski definition) is 3. The number of rotatable bonds is 3. The van der Waals surface area contributed by atoms with Crippen LogP contribution >= 0.6 is 0 Å². The van der Waals surface area contributed by atoms with Crippen LogP contribution in [-0.4, -0.2) is 41.9 Å². The van der Waals surface area contributed by atoms with Crippen LogP contribution in [0.2, 0.25) is 0 Å². The molecule has 1 heterocycles. The van der Waals surface area contributed by atoms with Crippen LogP contribution in [0.3, 0.4) is 0 Å². The van der Waals surface area contributed by atoms with Crippen molar-refractivity contribution in [2.24, 2.45) is 0 Å². The molecule has 4 heteroatoms. The van der Waals surface area contributed by atoms with Crippen LogP contribution in [0, 0.1) is 11.3 Å².